The van der Waals surface area contributed by atoms with Crippen LogP contribution in [0.2, 0.25) is 0 Å². The van der Waals surface area contributed by atoms with Crippen molar-refractivity contribution in [3.8, 4) is 0 Å². The molecule has 0 fully saturated rings. The molecule has 0 N–H and O–H groups in total. The summed E-state index contributed by atoms with van der Waals surface area (Å²) in [5.41, 5.74) is -2.99. The SMILES string of the molecule is FC(F)(F)c1cc(C(F)(F)F)cc([Si](Cl)(Cl)Cl)c1. The van der Waals surface area contributed by atoms with E-state index in [4.69, 9.17) is 33.2 Å². The van der Waals surface area contributed by atoms with Crippen LogP contribution in [-0.4, -0.2) is 6.00 Å². The topological polar surface area (TPSA) is 0 Å². The van der Waals surface area contributed by atoms with Crippen LogP contribution in [-0.2, 0) is 12.4 Å². The van der Waals surface area contributed by atoms with Crippen molar-refractivity contribution in [2.45, 2.75) is 12.4 Å². The summed E-state index contributed by atoms with van der Waals surface area (Å²) in [6, 6.07) is -3.01. The Balaban J connectivity index is 3.49. The van der Waals surface area contributed by atoms with Gasteiger partial charge in [-0.15, -0.1) is 33.2 Å². The lowest BCUT2D eigenvalue weighted by Gasteiger charge is -2.16. The van der Waals surface area contributed by atoms with E-state index in [9.17, 15) is 26.3 Å². The normalized spacial score (nSPS) is 13.8. The Morgan fingerprint density at radius 1 is 0.722 bits per heavy atom. The molecule has 0 aliphatic heterocycles. The van der Waals surface area contributed by atoms with Crippen LogP contribution in [0.5, 0.6) is 0 Å². The highest BCUT2D eigenvalue weighted by Gasteiger charge is 2.40. The monoisotopic (exact) mass is 346 g/mol. The van der Waals surface area contributed by atoms with E-state index >= 15 is 0 Å². The summed E-state index contributed by atoms with van der Waals surface area (Å²) in [5.74, 6) is 0. The first kappa shape index (κ1) is 15.9. The molecule has 0 aliphatic carbocycles. The molecule has 0 unspecified atom stereocenters. The van der Waals surface area contributed by atoms with E-state index in [1.165, 1.54) is 0 Å². The van der Waals surface area contributed by atoms with Crippen LogP contribution in [0.15, 0.2) is 18.2 Å². The van der Waals surface area contributed by atoms with Gasteiger partial charge in [0.05, 0.1) is 11.1 Å². The third-order valence-corrected chi connectivity index (χ3v) is 4.82. The van der Waals surface area contributed by atoms with Crippen molar-refractivity contribution in [3.05, 3.63) is 29.3 Å². The second kappa shape index (κ2) is 4.77. The minimum atomic E-state index is -4.94. The van der Waals surface area contributed by atoms with Crippen LogP contribution in [0.4, 0.5) is 26.3 Å². The highest BCUT2D eigenvalue weighted by atomic mass is 35.8. The van der Waals surface area contributed by atoms with Crippen molar-refractivity contribution in [3.63, 3.8) is 0 Å². The number of benzene rings is 1. The maximum absolute atomic E-state index is 12.4. The second-order valence-corrected chi connectivity index (χ2v) is 11.7. The van der Waals surface area contributed by atoms with Crippen LogP contribution in [0.3, 0.4) is 0 Å². The van der Waals surface area contributed by atoms with E-state index in [0.29, 0.717) is 12.1 Å². The molecule has 1 aromatic rings. The third-order valence-electron chi connectivity index (χ3n) is 1.91. The van der Waals surface area contributed by atoms with Gasteiger partial charge >= 0.3 is 18.4 Å². The summed E-state index contributed by atoms with van der Waals surface area (Å²) in [5, 5.41) is -0.561. The Bertz CT molecular complexity index is 369. The van der Waals surface area contributed by atoms with Gasteiger partial charge in [-0.05, 0) is 23.4 Å². The van der Waals surface area contributed by atoms with Crippen LogP contribution in [0.25, 0.3) is 0 Å². The van der Waals surface area contributed by atoms with Crippen LogP contribution in [0.1, 0.15) is 11.1 Å². The predicted octanol–water partition coefficient (Wildman–Crippen LogP) is 4.59. The van der Waals surface area contributed by atoms with E-state index in [1.54, 1.807) is 0 Å². The molecule has 0 spiro atoms. The molecule has 0 nitrogen and oxygen atoms in total. The molecular formula is C8H3Cl3F6Si. The lowest BCUT2D eigenvalue weighted by atomic mass is 10.1. The van der Waals surface area contributed by atoms with Crippen molar-refractivity contribution < 1.29 is 26.3 Å². The Labute approximate surface area is 113 Å². The quantitative estimate of drug-likeness (QED) is 0.396. The lowest BCUT2D eigenvalue weighted by molar-refractivity contribution is -0.142. The van der Waals surface area contributed by atoms with Crippen molar-refractivity contribution >= 4 is 44.4 Å². The van der Waals surface area contributed by atoms with Gasteiger partial charge in [0.15, 0.2) is 0 Å². The standard InChI is InChI=1S/C8H3Cl3F6Si/c9-18(10,11)6-2-4(7(12,13)14)1-5(3-6)8(15,16)17/h1-3H. The molecule has 0 amide bonds. The largest absolute Gasteiger partial charge is 0.416 e. The Morgan fingerprint density at radius 2 is 1.06 bits per heavy atom. The molecule has 0 bridgehead atoms. The number of hydrogen-bond donors (Lipinski definition) is 0. The summed E-state index contributed by atoms with van der Waals surface area (Å²) in [6.07, 6.45) is -9.89. The van der Waals surface area contributed by atoms with Gasteiger partial charge in [0.1, 0.15) is 0 Å². The second-order valence-electron chi connectivity index (χ2n) is 3.29. The molecule has 0 aromatic heterocycles. The van der Waals surface area contributed by atoms with Crippen LogP contribution < -0.4 is 5.19 Å². The minimum Gasteiger partial charge on any atom is -0.166 e. The van der Waals surface area contributed by atoms with E-state index in [1.807, 2.05) is 0 Å². The van der Waals surface area contributed by atoms with E-state index in [-0.39, 0.29) is 6.07 Å². The fourth-order valence-corrected chi connectivity index (χ4v) is 2.74. The fraction of sp³-hybridized carbons (Fsp3) is 0.250. The molecule has 1 rings (SSSR count). The van der Waals surface area contributed by atoms with E-state index in [0.717, 1.165) is 0 Å². The van der Waals surface area contributed by atoms with Gasteiger partial charge in [-0.3, -0.25) is 0 Å². The summed E-state index contributed by atoms with van der Waals surface area (Å²) >= 11 is 16.3. The number of hydrogen-bond acceptors (Lipinski definition) is 0. The third kappa shape index (κ3) is 3.94. The molecule has 0 heterocycles. The molecule has 0 radical (unpaired) electrons. The Hall–Kier alpha value is -0.113. The van der Waals surface area contributed by atoms with Gasteiger partial charge in [0.2, 0.25) is 0 Å². The molecule has 0 saturated carbocycles. The van der Waals surface area contributed by atoms with Gasteiger partial charge in [-0.2, -0.15) is 26.3 Å². The lowest BCUT2D eigenvalue weighted by Crippen LogP contribution is -2.32. The van der Waals surface area contributed by atoms with E-state index in [2.05, 4.69) is 0 Å². The fourth-order valence-electron chi connectivity index (χ4n) is 1.12. The van der Waals surface area contributed by atoms with Gasteiger partial charge in [-0.1, -0.05) is 0 Å². The first-order chi connectivity index (χ1) is 7.82. The molecular weight excluding hydrogens is 345 g/mol. The minimum absolute atomic E-state index is 0.0195. The molecule has 0 saturated heterocycles. The zero-order valence-corrected chi connectivity index (χ0v) is 11.4. The smallest absolute Gasteiger partial charge is 0.166 e. The number of halogens is 9. The summed E-state index contributed by atoms with van der Waals surface area (Å²) in [6.45, 7) is 0. The van der Waals surface area contributed by atoms with Crippen molar-refractivity contribution in [2.75, 3.05) is 0 Å². The molecule has 0 aliphatic rings. The maximum Gasteiger partial charge on any atom is 0.416 e. The molecule has 1 aromatic carbocycles. The van der Waals surface area contributed by atoms with Gasteiger partial charge in [0, 0.05) is 0 Å². The van der Waals surface area contributed by atoms with Crippen molar-refractivity contribution in [1.29, 1.82) is 0 Å². The number of alkyl halides is 6. The average Bonchev–Trinajstić information content (AvgIpc) is 2.13. The summed E-state index contributed by atoms with van der Waals surface area (Å²) < 4.78 is 74.7. The van der Waals surface area contributed by atoms with Crippen molar-refractivity contribution in [2.24, 2.45) is 0 Å². The first-order valence-corrected chi connectivity index (χ1v) is 9.22. The van der Waals surface area contributed by atoms with Gasteiger partial charge in [-0.25, -0.2) is 0 Å². The van der Waals surface area contributed by atoms with Crippen molar-refractivity contribution in [1.82, 2.24) is 0 Å². The van der Waals surface area contributed by atoms with Crippen LogP contribution in [0, 0.1) is 0 Å². The summed E-state index contributed by atoms with van der Waals surface area (Å²) in [7, 11) is 0. The highest BCUT2D eigenvalue weighted by Crippen LogP contribution is 2.36. The zero-order chi connectivity index (χ0) is 14.4. The summed E-state index contributed by atoms with van der Waals surface area (Å²) in [4.78, 5) is 0. The number of rotatable bonds is 1. The molecule has 18 heavy (non-hydrogen) atoms. The molecule has 102 valence electrons. The Kier molecular flexibility index (Phi) is 4.23. The molecule has 10 heteroatoms. The van der Waals surface area contributed by atoms with Gasteiger partial charge < -0.3 is 0 Å². The van der Waals surface area contributed by atoms with Gasteiger partial charge in [0.25, 0.3) is 0 Å². The van der Waals surface area contributed by atoms with E-state index < -0.39 is 34.7 Å². The Morgan fingerprint density at radius 3 is 1.28 bits per heavy atom. The zero-order valence-electron chi connectivity index (χ0n) is 8.13. The first-order valence-electron chi connectivity index (χ1n) is 4.18. The predicted molar refractivity (Wildman–Crippen MR) is 59.4 cm³/mol. The maximum atomic E-state index is 12.4. The molecule has 0 atom stereocenters. The average molecular weight is 348 g/mol. The van der Waals surface area contributed by atoms with Crippen LogP contribution >= 0.6 is 33.2 Å². The highest BCUT2D eigenvalue weighted by molar-refractivity contribution is 7.69.